The second-order valence-corrected chi connectivity index (χ2v) is 10.2. The topological polar surface area (TPSA) is 88.9 Å². The molecule has 0 spiro atoms. The summed E-state index contributed by atoms with van der Waals surface area (Å²) in [5.74, 6) is 0.829. The molecule has 37 heavy (non-hydrogen) atoms. The number of nitrogens with one attached hydrogen (secondary N) is 1. The summed E-state index contributed by atoms with van der Waals surface area (Å²) in [5.41, 5.74) is 5.16. The number of rotatable bonds is 10. The highest BCUT2D eigenvalue weighted by Gasteiger charge is 2.27. The van der Waals surface area contributed by atoms with E-state index in [0.717, 1.165) is 72.3 Å². The lowest BCUT2D eigenvalue weighted by molar-refractivity contribution is 0.0893. The van der Waals surface area contributed by atoms with Crippen molar-refractivity contribution in [3.8, 4) is 0 Å². The molecule has 8 heteroatoms. The van der Waals surface area contributed by atoms with Gasteiger partial charge in [-0.1, -0.05) is 43.3 Å². The summed E-state index contributed by atoms with van der Waals surface area (Å²) in [6, 6.07) is 16.7. The Kier molecular flexibility index (Phi) is 7.76. The van der Waals surface area contributed by atoms with Gasteiger partial charge in [0.05, 0.1) is 18.7 Å². The van der Waals surface area contributed by atoms with Crippen LogP contribution in [0.2, 0.25) is 0 Å². The van der Waals surface area contributed by atoms with Crippen LogP contribution in [0.4, 0.5) is 0 Å². The molecule has 0 aliphatic carbocycles. The number of tetrazole rings is 1. The molecule has 1 N–H and O–H groups in total. The molecule has 3 heterocycles. The van der Waals surface area contributed by atoms with Crippen LogP contribution in [-0.2, 0) is 24.2 Å². The molecular formula is C29H36N6O2. The second-order valence-electron chi connectivity index (χ2n) is 10.2. The number of pyridine rings is 1. The zero-order valence-corrected chi connectivity index (χ0v) is 22.0. The molecule has 0 saturated carbocycles. The Morgan fingerprint density at radius 1 is 1.19 bits per heavy atom. The van der Waals surface area contributed by atoms with Crippen molar-refractivity contribution in [2.24, 2.45) is 0 Å². The molecule has 0 unspecified atom stereocenters. The molecule has 4 aromatic rings. The van der Waals surface area contributed by atoms with Crippen LogP contribution in [0.3, 0.4) is 0 Å². The van der Waals surface area contributed by atoms with E-state index in [1.165, 1.54) is 5.56 Å². The van der Waals surface area contributed by atoms with Crippen LogP contribution in [0.15, 0.2) is 53.3 Å². The van der Waals surface area contributed by atoms with Crippen molar-refractivity contribution in [3.63, 3.8) is 0 Å². The molecule has 1 fully saturated rings. The lowest BCUT2D eigenvalue weighted by Crippen LogP contribution is -2.34. The standard InChI is InChI=1S/C29H36N6O2/c1-4-27(28-31-32-33-35(28)19-24-11-8-14-37-24)34(13-12-22-9-6-5-7-10-22)18-23-17-25-21(3)15-20(2)16-26(25)30-29(23)36/h5-7,9-10,15-17,24,27H,4,8,11-14,18-19H2,1-3H3,(H,30,36)/t24-,27-/m0/s1. The maximum absolute atomic E-state index is 13.2. The van der Waals surface area contributed by atoms with Gasteiger partial charge in [-0.3, -0.25) is 9.69 Å². The minimum atomic E-state index is -0.0454. The number of fused-ring (bicyclic) bond motifs is 1. The first kappa shape index (κ1) is 25.3. The number of aromatic nitrogens is 5. The smallest absolute Gasteiger partial charge is 0.252 e. The number of H-pyrrole nitrogens is 1. The zero-order valence-electron chi connectivity index (χ0n) is 22.0. The number of aryl methyl sites for hydroxylation is 2. The third-order valence-corrected chi connectivity index (χ3v) is 7.38. The highest BCUT2D eigenvalue weighted by Crippen LogP contribution is 2.26. The van der Waals surface area contributed by atoms with E-state index < -0.39 is 0 Å². The number of aromatic amines is 1. The monoisotopic (exact) mass is 500 g/mol. The molecule has 1 saturated heterocycles. The van der Waals surface area contributed by atoms with Crippen molar-refractivity contribution in [2.45, 2.75) is 71.7 Å². The van der Waals surface area contributed by atoms with Crippen molar-refractivity contribution in [1.82, 2.24) is 30.1 Å². The van der Waals surface area contributed by atoms with Crippen LogP contribution in [0, 0.1) is 13.8 Å². The molecule has 2 aromatic heterocycles. The molecule has 0 amide bonds. The summed E-state index contributed by atoms with van der Waals surface area (Å²) in [5, 5.41) is 13.9. The fraction of sp³-hybridized carbons (Fsp3) is 0.448. The molecule has 5 rings (SSSR count). The predicted molar refractivity (Wildman–Crippen MR) is 144 cm³/mol. The maximum Gasteiger partial charge on any atom is 0.252 e. The van der Waals surface area contributed by atoms with Crippen LogP contribution in [-0.4, -0.2) is 49.3 Å². The van der Waals surface area contributed by atoms with E-state index in [4.69, 9.17) is 4.74 Å². The number of ether oxygens (including phenoxy) is 1. The highest BCUT2D eigenvalue weighted by molar-refractivity contribution is 5.83. The van der Waals surface area contributed by atoms with Gasteiger partial charge in [0.15, 0.2) is 5.82 Å². The Labute approximate surface area is 217 Å². The molecule has 2 aromatic carbocycles. The largest absolute Gasteiger partial charge is 0.376 e. The molecular weight excluding hydrogens is 464 g/mol. The van der Waals surface area contributed by atoms with Gasteiger partial charge in [-0.05, 0) is 78.8 Å². The van der Waals surface area contributed by atoms with Crippen molar-refractivity contribution in [3.05, 3.63) is 87.0 Å². The molecule has 194 valence electrons. The molecule has 1 aliphatic rings. The quantitative estimate of drug-likeness (QED) is 0.345. The van der Waals surface area contributed by atoms with Crippen LogP contribution in [0.1, 0.15) is 60.3 Å². The van der Waals surface area contributed by atoms with E-state index in [2.05, 4.69) is 82.6 Å². The Morgan fingerprint density at radius 3 is 2.78 bits per heavy atom. The summed E-state index contributed by atoms with van der Waals surface area (Å²) in [7, 11) is 0. The Bertz CT molecular complexity index is 1390. The number of benzene rings is 2. The van der Waals surface area contributed by atoms with E-state index in [1.807, 2.05) is 16.8 Å². The number of hydrogen-bond donors (Lipinski definition) is 1. The van der Waals surface area contributed by atoms with Crippen LogP contribution in [0.25, 0.3) is 10.9 Å². The summed E-state index contributed by atoms with van der Waals surface area (Å²) < 4.78 is 7.76. The average molecular weight is 501 g/mol. The maximum atomic E-state index is 13.2. The third kappa shape index (κ3) is 5.81. The van der Waals surface area contributed by atoms with Gasteiger partial charge in [0, 0.05) is 36.2 Å². The van der Waals surface area contributed by atoms with E-state index in [1.54, 1.807) is 0 Å². The second kappa shape index (κ2) is 11.4. The molecule has 2 atom stereocenters. The predicted octanol–water partition coefficient (Wildman–Crippen LogP) is 4.51. The van der Waals surface area contributed by atoms with Gasteiger partial charge in [0.2, 0.25) is 0 Å². The first-order valence-electron chi connectivity index (χ1n) is 13.3. The van der Waals surface area contributed by atoms with E-state index >= 15 is 0 Å². The number of hydrogen-bond acceptors (Lipinski definition) is 6. The van der Waals surface area contributed by atoms with Crippen LogP contribution < -0.4 is 5.56 Å². The summed E-state index contributed by atoms with van der Waals surface area (Å²) >= 11 is 0. The van der Waals surface area contributed by atoms with E-state index in [9.17, 15) is 4.79 Å². The van der Waals surface area contributed by atoms with Gasteiger partial charge in [-0.15, -0.1) is 5.10 Å². The number of nitrogens with zero attached hydrogens (tertiary/aromatic N) is 5. The van der Waals surface area contributed by atoms with Crippen LogP contribution >= 0.6 is 0 Å². The Hall–Kier alpha value is -3.36. The van der Waals surface area contributed by atoms with Gasteiger partial charge >= 0.3 is 0 Å². The minimum absolute atomic E-state index is 0.0330. The van der Waals surface area contributed by atoms with Crippen molar-refractivity contribution < 1.29 is 4.74 Å². The van der Waals surface area contributed by atoms with Crippen molar-refractivity contribution in [2.75, 3.05) is 13.2 Å². The summed E-state index contributed by atoms with van der Waals surface area (Å²) in [6.45, 7) is 9.04. The van der Waals surface area contributed by atoms with Crippen molar-refractivity contribution in [1.29, 1.82) is 0 Å². The van der Waals surface area contributed by atoms with Gasteiger partial charge in [-0.25, -0.2) is 4.68 Å². The fourth-order valence-electron chi connectivity index (χ4n) is 5.48. The molecule has 1 aliphatic heterocycles. The SMILES string of the molecule is CC[C@@H](c1nnnn1C[C@@H]1CCCO1)N(CCc1ccccc1)Cc1cc2c(C)cc(C)cc2[nH]c1=O. The molecule has 0 bridgehead atoms. The van der Waals surface area contributed by atoms with Gasteiger partial charge < -0.3 is 9.72 Å². The van der Waals surface area contributed by atoms with Gasteiger partial charge in [0.25, 0.3) is 5.56 Å². The zero-order chi connectivity index (χ0) is 25.8. The summed E-state index contributed by atoms with van der Waals surface area (Å²) in [4.78, 5) is 18.7. The normalized spacial score (nSPS) is 16.6. The summed E-state index contributed by atoms with van der Waals surface area (Å²) in [6.07, 6.45) is 3.94. The van der Waals surface area contributed by atoms with E-state index in [0.29, 0.717) is 13.1 Å². The fourth-order valence-corrected chi connectivity index (χ4v) is 5.48. The Morgan fingerprint density at radius 2 is 2.03 bits per heavy atom. The lowest BCUT2D eigenvalue weighted by Gasteiger charge is -2.30. The molecule has 8 nitrogen and oxygen atoms in total. The van der Waals surface area contributed by atoms with Gasteiger partial charge in [0.1, 0.15) is 0 Å². The van der Waals surface area contributed by atoms with E-state index in [-0.39, 0.29) is 17.7 Å². The lowest BCUT2D eigenvalue weighted by atomic mass is 10.0. The average Bonchev–Trinajstić information content (AvgIpc) is 3.57. The first-order valence-corrected chi connectivity index (χ1v) is 13.3. The third-order valence-electron chi connectivity index (χ3n) is 7.38. The Balaban J connectivity index is 1.47. The van der Waals surface area contributed by atoms with Crippen molar-refractivity contribution >= 4 is 10.9 Å². The first-order chi connectivity index (χ1) is 18.0. The van der Waals surface area contributed by atoms with Gasteiger partial charge in [-0.2, -0.15) is 0 Å². The molecule has 0 radical (unpaired) electrons. The highest BCUT2D eigenvalue weighted by atomic mass is 16.5. The minimum Gasteiger partial charge on any atom is -0.376 e. The van der Waals surface area contributed by atoms with Crippen LogP contribution in [0.5, 0.6) is 0 Å².